The normalized spacial score (nSPS) is 26.5. The van der Waals surface area contributed by atoms with Crippen LogP contribution >= 0.6 is 0 Å². The smallest absolute Gasteiger partial charge is 0.0577 e. The van der Waals surface area contributed by atoms with Gasteiger partial charge in [-0.1, -0.05) is 57.0 Å². The molecular weight excluding hydrogens is 208 g/mol. The van der Waals surface area contributed by atoms with Crippen molar-refractivity contribution in [1.29, 1.82) is 0 Å². The highest BCUT2D eigenvalue weighted by molar-refractivity contribution is 5.26. The average Bonchev–Trinajstić information content (AvgIpc) is 3.10. The summed E-state index contributed by atoms with van der Waals surface area (Å²) in [5.74, 6) is 1.78. The number of hydrogen-bond acceptors (Lipinski definition) is 1. The first kappa shape index (κ1) is 12.6. The van der Waals surface area contributed by atoms with Crippen LogP contribution in [0.15, 0.2) is 30.3 Å². The lowest BCUT2D eigenvalue weighted by atomic mass is 9.95. The first-order chi connectivity index (χ1) is 8.22. The fourth-order valence-electron chi connectivity index (χ4n) is 2.92. The molecule has 0 amide bonds. The lowest BCUT2D eigenvalue weighted by molar-refractivity contribution is 0.119. The second kappa shape index (κ2) is 5.68. The van der Waals surface area contributed by atoms with Crippen LogP contribution in [0.3, 0.4) is 0 Å². The molecule has 0 heterocycles. The van der Waals surface area contributed by atoms with E-state index in [-0.39, 0.29) is 6.10 Å². The van der Waals surface area contributed by atoms with Crippen molar-refractivity contribution in [2.24, 2.45) is 11.8 Å². The summed E-state index contributed by atoms with van der Waals surface area (Å²) < 4.78 is 0. The van der Waals surface area contributed by atoms with E-state index in [1.165, 1.54) is 24.8 Å². The van der Waals surface area contributed by atoms with E-state index in [0.29, 0.717) is 17.8 Å². The zero-order valence-electron chi connectivity index (χ0n) is 11.0. The molecule has 2 rings (SSSR count). The molecule has 17 heavy (non-hydrogen) atoms. The fourth-order valence-corrected chi connectivity index (χ4v) is 2.92. The molecule has 0 aliphatic heterocycles. The molecule has 1 aliphatic carbocycles. The monoisotopic (exact) mass is 232 g/mol. The summed E-state index contributed by atoms with van der Waals surface area (Å²) in [6.07, 6.45) is 4.51. The molecule has 1 aromatic carbocycles. The van der Waals surface area contributed by atoms with Crippen LogP contribution in [0.5, 0.6) is 0 Å². The maximum atomic E-state index is 10.2. The second-order valence-corrected chi connectivity index (χ2v) is 5.61. The fraction of sp³-hybridized carbons (Fsp3) is 0.625. The van der Waals surface area contributed by atoms with Crippen molar-refractivity contribution in [3.63, 3.8) is 0 Å². The number of aliphatic hydroxyl groups is 1. The maximum Gasteiger partial charge on any atom is 0.0577 e. The van der Waals surface area contributed by atoms with Crippen LogP contribution in [-0.2, 0) is 0 Å². The van der Waals surface area contributed by atoms with E-state index in [4.69, 9.17) is 0 Å². The van der Waals surface area contributed by atoms with Crippen LogP contribution in [-0.4, -0.2) is 11.2 Å². The SMILES string of the molecule is CCCC(C)CC(O)C1CC1c1ccccc1. The Morgan fingerprint density at radius 1 is 1.29 bits per heavy atom. The van der Waals surface area contributed by atoms with Crippen molar-refractivity contribution < 1.29 is 5.11 Å². The molecule has 1 heteroatoms. The molecule has 0 spiro atoms. The van der Waals surface area contributed by atoms with Crippen LogP contribution in [0.2, 0.25) is 0 Å². The van der Waals surface area contributed by atoms with Gasteiger partial charge in [0.1, 0.15) is 0 Å². The molecule has 94 valence electrons. The van der Waals surface area contributed by atoms with Crippen molar-refractivity contribution in [3.8, 4) is 0 Å². The lowest BCUT2D eigenvalue weighted by Crippen LogP contribution is -2.14. The van der Waals surface area contributed by atoms with E-state index in [1.54, 1.807) is 0 Å². The van der Waals surface area contributed by atoms with Gasteiger partial charge in [-0.3, -0.25) is 0 Å². The number of rotatable bonds is 6. The Bertz CT molecular complexity index is 333. The Balaban J connectivity index is 1.82. The quantitative estimate of drug-likeness (QED) is 0.786. The van der Waals surface area contributed by atoms with Crippen molar-refractivity contribution in [2.75, 3.05) is 0 Å². The minimum absolute atomic E-state index is 0.0956. The van der Waals surface area contributed by atoms with Gasteiger partial charge in [-0.15, -0.1) is 0 Å². The Kier molecular flexibility index (Phi) is 4.22. The Hall–Kier alpha value is -0.820. The average molecular weight is 232 g/mol. The van der Waals surface area contributed by atoms with E-state index in [9.17, 15) is 5.11 Å². The van der Waals surface area contributed by atoms with Gasteiger partial charge in [0.2, 0.25) is 0 Å². The van der Waals surface area contributed by atoms with E-state index >= 15 is 0 Å². The van der Waals surface area contributed by atoms with Crippen LogP contribution in [0, 0.1) is 11.8 Å². The number of benzene rings is 1. The van der Waals surface area contributed by atoms with Gasteiger partial charge in [0, 0.05) is 0 Å². The molecule has 1 saturated carbocycles. The molecule has 1 fully saturated rings. The molecule has 0 radical (unpaired) electrons. The predicted octanol–water partition coefficient (Wildman–Crippen LogP) is 3.98. The summed E-state index contributed by atoms with van der Waals surface area (Å²) in [7, 11) is 0. The predicted molar refractivity (Wildman–Crippen MR) is 72.0 cm³/mol. The van der Waals surface area contributed by atoms with Gasteiger partial charge in [-0.2, -0.15) is 0 Å². The zero-order chi connectivity index (χ0) is 12.3. The van der Waals surface area contributed by atoms with Gasteiger partial charge in [0.15, 0.2) is 0 Å². The first-order valence-electron chi connectivity index (χ1n) is 6.95. The maximum absolute atomic E-state index is 10.2. The van der Waals surface area contributed by atoms with Crippen molar-refractivity contribution in [1.82, 2.24) is 0 Å². The van der Waals surface area contributed by atoms with E-state index < -0.39 is 0 Å². The molecule has 0 saturated heterocycles. The number of hydrogen-bond donors (Lipinski definition) is 1. The van der Waals surface area contributed by atoms with E-state index in [2.05, 4.69) is 44.2 Å². The molecule has 1 N–H and O–H groups in total. The molecule has 0 aromatic heterocycles. The molecule has 4 unspecified atom stereocenters. The second-order valence-electron chi connectivity index (χ2n) is 5.61. The van der Waals surface area contributed by atoms with Gasteiger partial charge in [0.05, 0.1) is 6.10 Å². The summed E-state index contributed by atoms with van der Waals surface area (Å²) in [6.45, 7) is 4.47. The van der Waals surface area contributed by atoms with Crippen molar-refractivity contribution in [2.45, 2.75) is 51.6 Å². The standard InChI is InChI=1S/C16H24O/c1-3-7-12(2)10-16(17)15-11-14(15)13-8-5-4-6-9-13/h4-6,8-9,12,14-17H,3,7,10-11H2,1-2H3. The first-order valence-corrected chi connectivity index (χ1v) is 6.95. The largest absolute Gasteiger partial charge is 0.393 e. The van der Waals surface area contributed by atoms with Gasteiger partial charge >= 0.3 is 0 Å². The van der Waals surface area contributed by atoms with Crippen LogP contribution in [0.4, 0.5) is 0 Å². The summed E-state index contributed by atoms with van der Waals surface area (Å²) in [5, 5.41) is 10.2. The van der Waals surface area contributed by atoms with Gasteiger partial charge in [0.25, 0.3) is 0 Å². The third-order valence-corrected chi connectivity index (χ3v) is 3.99. The number of aliphatic hydroxyl groups excluding tert-OH is 1. The zero-order valence-corrected chi connectivity index (χ0v) is 11.0. The highest BCUT2D eigenvalue weighted by atomic mass is 16.3. The molecule has 4 atom stereocenters. The summed E-state index contributed by atoms with van der Waals surface area (Å²) in [5.41, 5.74) is 1.40. The van der Waals surface area contributed by atoms with Crippen LogP contribution in [0.25, 0.3) is 0 Å². The Morgan fingerprint density at radius 2 is 2.00 bits per heavy atom. The highest BCUT2D eigenvalue weighted by Crippen LogP contribution is 2.50. The molecular formula is C16H24O. The van der Waals surface area contributed by atoms with Gasteiger partial charge in [-0.25, -0.2) is 0 Å². The van der Waals surface area contributed by atoms with Crippen molar-refractivity contribution >= 4 is 0 Å². The topological polar surface area (TPSA) is 20.2 Å². The summed E-state index contributed by atoms with van der Waals surface area (Å²) >= 11 is 0. The van der Waals surface area contributed by atoms with E-state index in [1.807, 2.05) is 0 Å². The minimum atomic E-state index is -0.0956. The van der Waals surface area contributed by atoms with Gasteiger partial charge < -0.3 is 5.11 Å². The summed E-state index contributed by atoms with van der Waals surface area (Å²) in [4.78, 5) is 0. The van der Waals surface area contributed by atoms with Crippen molar-refractivity contribution in [3.05, 3.63) is 35.9 Å². The summed E-state index contributed by atoms with van der Waals surface area (Å²) in [6, 6.07) is 10.6. The lowest BCUT2D eigenvalue weighted by Gasteiger charge is -2.15. The molecule has 0 bridgehead atoms. The van der Waals surface area contributed by atoms with Crippen LogP contribution in [0.1, 0.15) is 51.0 Å². The highest BCUT2D eigenvalue weighted by Gasteiger charge is 2.43. The molecule has 1 aliphatic rings. The van der Waals surface area contributed by atoms with Crippen LogP contribution < -0.4 is 0 Å². The third-order valence-electron chi connectivity index (χ3n) is 3.99. The van der Waals surface area contributed by atoms with E-state index in [0.717, 1.165) is 6.42 Å². The molecule has 1 nitrogen and oxygen atoms in total. The minimum Gasteiger partial charge on any atom is -0.393 e. The Labute approximate surface area is 105 Å². The third kappa shape index (κ3) is 3.32. The Morgan fingerprint density at radius 3 is 2.65 bits per heavy atom. The van der Waals surface area contributed by atoms with Gasteiger partial charge in [-0.05, 0) is 36.2 Å². The molecule has 1 aromatic rings.